The number of aromatic nitrogens is 2. The molecule has 0 aliphatic heterocycles. The smallest absolute Gasteiger partial charge is 0.234 e. The SMILES string of the molecule is CCC(C)(C)NC(=O)CNCCc1ccn(C)n1. The topological polar surface area (TPSA) is 59.0 Å². The molecule has 0 unspecified atom stereocenters. The number of nitrogens with one attached hydrogen (secondary N) is 2. The average molecular weight is 252 g/mol. The molecule has 0 aromatic carbocycles. The fourth-order valence-corrected chi connectivity index (χ4v) is 1.52. The molecule has 1 heterocycles. The normalized spacial score (nSPS) is 11.6. The van der Waals surface area contributed by atoms with Crippen LogP contribution in [0.25, 0.3) is 0 Å². The minimum absolute atomic E-state index is 0.0443. The molecule has 1 amide bonds. The first-order valence-corrected chi connectivity index (χ1v) is 6.43. The molecule has 1 aromatic rings. The average Bonchev–Trinajstić information content (AvgIpc) is 2.70. The van der Waals surface area contributed by atoms with Crippen molar-refractivity contribution in [2.24, 2.45) is 7.05 Å². The number of carbonyl (C=O) groups is 1. The van der Waals surface area contributed by atoms with Gasteiger partial charge in [0.15, 0.2) is 0 Å². The van der Waals surface area contributed by atoms with Gasteiger partial charge >= 0.3 is 0 Å². The van der Waals surface area contributed by atoms with Crippen molar-refractivity contribution < 1.29 is 4.79 Å². The van der Waals surface area contributed by atoms with Crippen LogP contribution in [0, 0.1) is 0 Å². The van der Waals surface area contributed by atoms with Gasteiger partial charge in [-0.25, -0.2) is 0 Å². The van der Waals surface area contributed by atoms with Crippen molar-refractivity contribution in [1.29, 1.82) is 0 Å². The first-order valence-electron chi connectivity index (χ1n) is 6.43. The number of aryl methyl sites for hydroxylation is 1. The molecular formula is C13H24N4O. The second-order valence-electron chi connectivity index (χ2n) is 5.19. The van der Waals surface area contributed by atoms with Gasteiger partial charge in [0.25, 0.3) is 0 Å². The Balaban J connectivity index is 2.16. The predicted octanol–water partition coefficient (Wildman–Crippen LogP) is 0.857. The highest BCUT2D eigenvalue weighted by Crippen LogP contribution is 2.05. The maximum atomic E-state index is 11.6. The van der Waals surface area contributed by atoms with Crippen molar-refractivity contribution in [3.63, 3.8) is 0 Å². The maximum absolute atomic E-state index is 11.6. The van der Waals surface area contributed by atoms with Crippen molar-refractivity contribution in [3.8, 4) is 0 Å². The van der Waals surface area contributed by atoms with E-state index in [-0.39, 0.29) is 11.4 Å². The first-order chi connectivity index (χ1) is 8.43. The summed E-state index contributed by atoms with van der Waals surface area (Å²) in [6, 6.07) is 1.99. The molecule has 0 aliphatic rings. The van der Waals surface area contributed by atoms with E-state index in [2.05, 4.69) is 22.7 Å². The predicted molar refractivity (Wildman–Crippen MR) is 72.3 cm³/mol. The van der Waals surface area contributed by atoms with Crippen LogP contribution in [0.15, 0.2) is 12.3 Å². The van der Waals surface area contributed by atoms with Crippen molar-refractivity contribution in [3.05, 3.63) is 18.0 Å². The lowest BCUT2D eigenvalue weighted by atomic mass is 10.0. The fraction of sp³-hybridized carbons (Fsp3) is 0.692. The molecule has 5 nitrogen and oxygen atoms in total. The summed E-state index contributed by atoms with van der Waals surface area (Å²) in [5.74, 6) is 0.0443. The van der Waals surface area contributed by atoms with Crippen LogP contribution in [-0.4, -0.2) is 34.3 Å². The van der Waals surface area contributed by atoms with Crippen molar-refractivity contribution >= 4 is 5.91 Å². The molecule has 1 rings (SSSR count). The molecule has 5 heteroatoms. The van der Waals surface area contributed by atoms with Crippen LogP contribution in [0.4, 0.5) is 0 Å². The molecule has 2 N–H and O–H groups in total. The van der Waals surface area contributed by atoms with Crippen LogP contribution in [0.1, 0.15) is 32.9 Å². The Kier molecular flexibility index (Phi) is 5.34. The third kappa shape index (κ3) is 5.31. The molecule has 0 spiro atoms. The molecule has 0 atom stereocenters. The summed E-state index contributed by atoms with van der Waals surface area (Å²) in [4.78, 5) is 11.6. The highest BCUT2D eigenvalue weighted by atomic mass is 16.2. The zero-order chi connectivity index (χ0) is 13.6. The van der Waals surface area contributed by atoms with Crippen LogP contribution in [0.3, 0.4) is 0 Å². The van der Waals surface area contributed by atoms with E-state index in [0.717, 1.165) is 25.1 Å². The minimum atomic E-state index is -0.125. The van der Waals surface area contributed by atoms with Gasteiger partial charge in [0, 0.05) is 31.7 Å². The summed E-state index contributed by atoms with van der Waals surface area (Å²) < 4.78 is 1.78. The standard InChI is InChI=1S/C13H24N4O/c1-5-13(2,3)15-12(18)10-14-8-6-11-7-9-17(4)16-11/h7,9,14H,5-6,8,10H2,1-4H3,(H,15,18). The molecule has 1 aromatic heterocycles. The lowest BCUT2D eigenvalue weighted by molar-refractivity contribution is -0.121. The first kappa shape index (κ1) is 14.7. The fourth-order valence-electron chi connectivity index (χ4n) is 1.52. The summed E-state index contributed by atoms with van der Waals surface area (Å²) in [5, 5.41) is 10.4. The van der Waals surface area contributed by atoms with E-state index in [4.69, 9.17) is 0 Å². The molecular weight excluding hydrogens is 228 g/mol. The third-order valence-corrected chi connectivity index (χ3v) is 2.97. The second kappa shape index (κ2) is 6.54. The Morgan fingerprint density at radius 1 is 1.50 bits per heavy atom. The second-order valence-corrected chi connectivity index (χ2v) is 5.19. The summed E-state index contributed by atoms with van der Waals surface area (Å²) in [6.07, 6.45) is 3.68. The van der Waals surface area contributed by atoms with Crippen LogP contribution in [0.5, 0.6) is 0 Å². The Labute approximate surface area is 109 Å². The lowest BCUT2D eigenvalue weighted by Crippen LogP contribution is -2.46. The van der Waals surface area contributed by atoms with Gasteiger partial charge in [-0.3, -0.25) is 9.48 Å². The van der Waals surface area contributed by atoms with Crippen molar-refractivity contribution in [2.45, 2.75) is 39.2 Å². The number of rotatable bonds is 7. The molecule has 18 heavy (non-hydrogen) atoms. The van der Waals surface area contributed by atoms with Gasteiger partial charge in [0.2, 0.25) is 5.91 Å². The van der Waals surface area contributed by atoms with Crippen molar-refractivity contribution in [2.75, 3.05) is 13.1 Å². The Morgan fingerprint density at radius 2 is 2.22 bits per heavy atom. The zero-order valence-corrected chi connectivity index (χ0v) is 11.8. The quantitative estimate of drug-likeness (QED) is 0.708. The third-order valence-electron chi connectivity index (χ3n) is 2.97. The number of hydrogen-bond donors (Lipinski definition) is 2. The summed E-state index contributed by atoms with van der Waals surface area (Å²) in [5.41, 5.74) is 0.916. The number of amides is 1. The lowest BCUT2D eigenvalue weighted by Gasteiger charge is -2.24. The molecule has 0 radical (unpaired) electrons. The highest BCUT2D eigenvalue weighted by molar-refractivity contribution is 5.78. The van der Waals surface area contributed by atoms with Gasteiger partial charge in [0.05, 0.1) is 12.2 Å². The van der Waals surface area contributed by atoms with E-state index in [1.807, 2.05) is 33.2 Å². The maximum Gasteiger partial charge on any atom is 0.234 e. The Bertz CT molecular complexity index is 384. The van der Waals surface area contributed by atoms with Crippen LogP contribution >= 0.6 is 0 Å². The van der Waals surface area contributed by atoms with E-state index in [1.54, 1.807) is 4.68 Å². The van der Waals surface area contributed by atoms with E-state index >= 15 is 0 Å². The van der Waals surface area contributed by atoms with Gasteiger partial charge in [-0.2, -0.15) is 5.10 Å². The number of carbonyl (C=O) groups excluding carboxylic acids is 1. The molecule has 0 bridgehead atoms. The van der Waals surface area contributed by atoms with Gasteiger partial charge in [0.1, 0.15) is 0 Å². The summed E-state index contributed by atoms with van der Waals surface area (Å²) >= 11 is 0. The van der Waals surface area contributed by atoms with E-state index in [0.29, 0.717) is 6.54 Å². The monoisotopic (exact) mass is 252 g/mol. The van der Waals surface area contributed by atoms with Gasteiger partial charge in [-0.05, 0) is 26.3 Å². The van der Waals surface area contributed by atoms with E-state index < -0.39 is 0 Å². The highest BCUT2D eigenvalue weighted by Gasteiger charge is 2.16. The van der Waals surface area contributed by atoms with E-state index in [1.165, 1.54) is 0 Å². The molecule has 0 saturated carbocycles. The van der Waals surface area contributed by atoms with Crippen LogP contribution in [-0.2, 0) is 18.3 Å². The zero-order valence-electron chi connectivity index (χ0n) is 11.8. The summed E-state index contributed by atoms with van der Waals surface area (Å²) in [7, 11) is 1.90. The van der Waals surface area contributed by atoms with Crippen molar-refractivity contribution in [1.82, 2.24) is 20.4 Å². The number of hydrogen-bond acceptors (Lipinski definition) is 3. The van der Waals surface area contributed by atoms with Gasteiger partial charge < -0.3 is 10.6 Å². The van der Waals surface area contributed by atoms with Gasteiger partial charge in [-0.1, -0.05) is 6.92 Å². The largest absolute Gasteiger partial charge is 0.350 e. The van der Waals surface area contributed by atoms with Gasteiger partial charge in [-0.15, -0.1) is 0 Å². The number of nitrogens with zero attached hydrogens (tertiary/aromatic N) is 2. The Hall–Kier alpha value is -1.36. The minimum Gasteiger partial charge on any atom is -0.350 e. The molecule has 0 aliphatic carbocycles. The summed E-state index contributed by atoms with van der Waals surface area (Å²) in [6.45, 7) is 7.24. The Morgan fingerprint density at radius 3 is 2.78 bits per heavy atom. The molecule has 0 saturated heterocycles. The van der Waals surface area contributed by atoms with Crippen LogP contribution in [0.2, 0.25) is 0 Å². The molecule has 0 fully saturated rings. The van der Waals surface area contributed by atoms with E-state index in [9.17, 15) is 4.79 Å². The van der Waals surface area contributed by atoms with Crippen LogP contribution < -0.4 is 10.6 Å². The molecule has 102 valence electrons.